The van der Waals surface area contributed by atoms with Crippen LogP contribution < -0.4 is 0 Å². The lowest BCUT2D eigenvalue weighted by atomic mass is 9.94. The summed E-state index contributed by atoms with van der Waals surface area (Å²) < 4.78 is 2.02. The summed E-state index contributed by atoms with van der Waals surface area (Å²) in [6.45, 7) is 5.65. The van der Waals surface area contributed by atoms with Crippen LogP contribution in [0, 0.1) is 12.8 Å². The second kappa shape index (κ2) is 7.56. The van der Waals surface area contributed by atoms with Gasteiger partial charge in [0.25, 0.3) is 0 Å². The number of nitrogens with zero attached hydrogens (tertiary/aromatic N) is 5. The molecule has 3 saturated heterocycles. The van der Waals surface area contributed by atoms with Crippen LogP contribution in [0.3, 0.4) is 0 Å². The van der Waals surface area contributed by atoms with E-state index >= 15 is 0 Å². The molecule has 3 aliphatic rings. The Labute approximate surface area is 149 Å². The van der Waals surface area contributed by atoms with E-state index in [0.29, 0.717) is 25.4 Å². The topological polar surface area (TPSA) is 61.7 Å². The first-order chi connectivity index (χ1) is 11.9. The molecule has 0 aromatic carbocycles. The molecular formula is C18H29N5O2. The van der Waals surface area contributed by atoms with Crippen molar-refractivity contribution in [3.8, 4) is 0 Å². The molecule has 1 aromatic rings. The van der Waals surface area contributed by atoms with Crippen molar-refractivity contribution < 1.29 is 9.59 Å². The molecule has 7 nitrogen and oxygen atoms in total. The van der Waals surface area contributed by atoms with E-state index in [1.54, 1.807) is 25.2 Å². The van der Waals surface area contributed by atoms with Gasteiger partial charge in [0.1, 0.15) is 5.82 Å². The van der Waals surface area contributed by atoms with Gasteiger partial charge in [0.05, 0.1) is 6.54 Å². The number of rotatable bonds is 5. The fourth-order valence-corrected chi connectivity index (χ4v) is 3.95. The molecule has 3 fully saturated rings. The standard InChI is InChI=1S/C18H29N5O2/c1-14-19-7-9-22(14)8-6-17(24)23-11-15-4-5-16(23)12-21(10-15)13-18(25)20(2)3/h7,9,15-16H,4-6,8,10-13H2,1-3H3/t15-,16+/m0/s1. The summed E-state index contributed by atoms with van der Waals surface area (Å²) in [7, 11) is 3.59. The molecule has 2 bridgehead atoms. The Hall–Kier alpha value is -1.89. The fourth-order valence-electron chi connectivity index (χ4n) is 3.95. The molecule has 2 amide bonds. The summed E-state index contributed by atoms with van der Waals surface area (Å²) in [6.07, 6.45) is 6.41. The predicted molar refractivity (Wildman–Crippen MR) is 94.9 cm³/mol. The first kappa shape index (κ1) is 17.9. The minimum absolute atomic E-state index is 0.134. The van der Waals surface area contributed by atoms with Crippen molar-refractivity contribution in [1.82, 2.24) is 24.3 Å². The maximum atomic E-state index is 12.8. The van der Waals surface area contributed by atoms with Gasteiger partial charge >= 0.3 is 0 Å². The van der Waals surface area contributed by atoms with Crippen molar-refractivity contribution in [2.24, 2.45) is 5.92 Å². The van der Waals surface area contributed by atoms with Crippen LogP contribution in [0.1, 0.15) is 25.1 Å². The van der Waals surface area contributed by atoms with Crippen molar-refractivity contribution in [1.29, 1.82) is 0 Å². The fraction of sp³-hybridized carbons (Fsp3) is 0.722. The van der Waals surface area contributed by atoms with Gasteiger partial charge in [0, 0.05) is 65.1 Å². The molecule has 25 heavy (non-hydrogen) atoms. The highest BCUT2D eigenvalue weighted by Gasteiger charge is 2.37. The highest BCUT2D eigenvalue weighted by atomic mass is 16.2. The molecule has 0 aliphatic carbocycles. The van der Waals surface area contributed by atoms with Crippen LogP contribution in [-0.4, -0.2) is 82.4 Å². The maximum absolute atomic E-state index is 12.8. The second-order valence-corrected chi connectivity index (χ2v) is 7.54. The average molecular weight is 347 g/mol. The molecule has 7 heteroatoms. The zero-order valence-electron chi connectivity index (χ0n) is 15.5. The monoisotopic (exact) mass is 347 g/mol. The van der Waals surface area contributed by atoms with Crippen LogP contribution in [0.2, 0.25) is 0 Å². The Bertz CT molecular complexity index is 627. The van der Waals surface area contributed by atoms with E-state index in [1.807, 2.05) is 17.7 Å². The lowest BCUT2D eigenvalue weighted by Gasteiger charge is -2.36. The lowest BCUT2D eigenvalue weighted by molar-refractivity contribution is -0.135. The van der Waals surface area contributed by atoms with Crippen molar-refractivity contribution in [3.05, 3.63) is 18.2 Å². The third kappa shape index (κ3) is 4.21. The minimum atomic E-state index is 0.134. The van der Waals surface area contributed by atoms with Crippen LogP contribution >= 0.6 is 0 Å². The molecule has 3 aliphatic heterocycles. The minimum Gasteiger partial charge on any atom is -0.348 e. The zero-order chi connectivity index (χ0) is 18.0. The smallest absolute Gasteiger partial charge is 0.236 e. The molecule has 2 atom stereocenters. The van der Waals surface area contributed by atoms with Gasteiger partial charge in [-0.05, 0) is 25.7 Å². The number of fused-ring (bicyclic) bond motifs is 4. The number of hydrogen-bond donors (Lipinski definition) is 0. The number of amides is 2. The first-order valence-corrected chi connectivity index (χ1v) is 9.13. The van der Waals surface area contributed by atoms with Gasteiger partial charge in [-0.25, -0.2) is 4.98 Å². The second-order valence-electron chi connectivity index (χ2n) is 7.54. The van der Waals surface area contributed by atoms with Crippen LogP contribution in [0.4, 0.5) is 0 Å². The first-order valence-electron chi connectivity index (χ1n) is 9.13. The van der Waals surface area contributed by atoms with E-state index in [1.165, 1.54) is 0 Å². The van der Waals surface area contributed by atoms with Gasteiger partial charge in [-0.1, -0.05) is 0 Å². The zero-order valence-corrected chi connectivity index (χ0v) is 15.5. The summed E-state index contributed by atoms with van der Waals surface area (Å²) in [5, 5.41) is 0. The van der Waals surface area contributed by atoms with E-state index < -0.39 is 0 Å². The SMILES string of the molecule is Cc1nccn1CCC(=O)N1C[C@H]2CC[C@@H]1CN(CC(=O)N(C)C)C2. The van der Waals surface area contributed by atoms with Gasteiger partial charge in [-0.3, -0.25) is 14.5 Å². The Morgan fingerprint density at radius 1 is 1.24 bits per heavy atom. The van der Waals surface area contributed by atoms with Crippen LogP contribution in [0.25, 0.3) is 0 Å². The van der Waals surface area contributed by atoms with Gasteiger partial charge < -0.3 is 14.4 Å². The number of carbonyl (C=O) groups excluding carboxylic acids is 2. The van der Waals surface area contributed by atoms with Crippen LogP contribution in [0.15, 0.2) is 12.4 Å². The lowest BCUT2D eigenvalue weighted by Crippen LogP contribution is -2.48. The highest BCUT2D eigenvalue weighted by Crippen LogP contribution is 2.28. The molecule has 138 valence electrons. The number of hydrogen-bond acceptors (Lipinski definition) is 4. The third-order valence-corrected chi connectivity index (χ3v) is 5.46. The molecule has 0 spiro atoms. The maximum Gasteiger partial charge on any atom is 0.236 e. The largest absolute Gasteiger partial charge is 0.348 e. The van der Waals surface area contributed by atoms with Gasteiger partial charge in [-0.2, -0.15) is 0 Å². The van der Waals surface area contributed by atoms with E-state index in [9.17, 15) is 9.59 Å². The highest BCUT2D eigenvalue weighted by molar-refractivity contribution is 5.78. The van der Waals surface area contributed by atoms with Gasteiger partial charge in [-0.15, -0.1) is 0 Å². The summed E-state index contributed by atoms with van der Waals surface area (Å²) in [5.74, 6) is 1.78. The Kier molecular flexibility index (Phi) is 5.42. The Morgan fingerprint density at radius 3 is 2.72 bits per heavy atom. The molecular weight excluding hydrogens is 318 g/mol. The van der Waals surface area contributed by atoms with Crippen molar-refractivity contribution >= 4 is 11.8 Å². The molecule has 4 heterocycles. The molecule has 0 unspecified atom stereocenters. The molecule has 0 radical (unpaired) electrons. The summed E-state index contributed by atoms with van der Waals surface area (Å²) in [6, 6.07) is 0.241. The van der Waals surface area contributed by atoms with Crippen molar-refractivity contribution in [2.45, 2.75) is 38.8 Å². The quantitative estimate of drug-likeness (QED) is 0.782. The number of carbonyl (C=O) groups is 2. The number of likely N-dealkylation sites (N-methyl/N-ethyl adjacent to an activating group) is 1. The van der Waals surface area contributed by atoms with E-state index in [-0.39, 0.29) is 17.9 Å². The summed E-state index contributed by atoms with van der Waals surface area (Å²) >= 11 is 0. The number of imidazole rings is 1. The Balaban J connectivity index is 1.59. The number of aryl methyl sites for hydroxylation is 2. The van der Waals surface area contributed by atoms with Gasteiger partial charge in [0.2, 0.25) is 11.8 Å². The number of piperidine rings is 1. The van der Waals surface area contributed by atoms with E-state index in [2.05, 4.69) is 14.8 Å². The van der Waals surface area contributed by atoms with Crippen LogP contribution in [-0.2, 0) is 16.1 Å². The predicted octanol–water partition coefficient (Wildman–Crippen LogP) is 0.593. The van der Waals surface area contributed by atoms with Gasteiger partial charge in [0.15, 0.2) is 0 Å². The van der Waals surface area contributed by atoms with Crippen molar-refractivity contribution in [3.63, 3.8) is 0 Å². The molecule has 1 aromatic heterocycles. The van der Waals surface area contributed by atoms with Crippen LogP contribution in [0.5, 0.6) is 0 Å². The molecule has 0 saturated carbocycles. The van der Waals surface area contributed by atoms with Crippen molar-refractivity contribution in [2.75, 3.05) is 40.3 Å². The summed E-state index contributed by atoms with van der Waals surface area (Å²) in [5.41, 5.74) is 0. The average Bonchev–Trinajstić information content (AvgIpc) is 2.79. The normalized spacial score (nSPS) is 23.6. The molecule has 0 N–H and O–H groups in total. The van der Waals surface area contributed by atoms with E-state index in [4.69, 9.17) is 0 Å². The summed E-state index contributed by atoms with van der Waals surface area (Å²) in [4.78, 5) is 35.0. The van der Waals surface area contributed by atoms with E-state index in [0.717, 1.165) is 38.3 Å². The third-order valence-electron chi connectivity index (χ3n) is 5.46. The molecule has 4 rings (SSSR count). The Morgan fingerprint density at radius 2 is 2.04 bits per heavy atom. The number of aromatic nitrogens is 2.